The van der Waals surface area contributed by atoms with Crippen LogP contribution in [0.4, 0.5) is 0 Å². The predicted molar refractivity (Wildman–Crippen MR) is 43.6 cm³/mol. The Hall–Kier alpha value is -0.860. The van der Waals surface area contributed by atoms with E-state index in [0.29, 0.717) is 6.42 Å². The Bertz CT molecular complexity index is 210. The maximum absolute atomic E-state index is 11.3. The van der Waals surface area contributed by atoms with Crippen LogP contribution in [-0.4, -0.2) is 18.9 Å². The van der Waals surface area contributed by atoms with Crippen LogP contribution in [0.5, 0.6) is 0 Å². The summed E-state index contributed by atoms with van der Waals surface area (Å²) in [5.41, 5.74) is -0.437. The molecule has 0 spiro atoms. The molecular weight excluding hydrogens is 156 g/mol. The van der Waals surface area contributed by atoms with E-state index < -0.39 is 5.41 Å². The van der Waals surface area contributed by atoms with Crippen molar-refractivity contribution in [1.82, 2.24) is 0 Å². The quantitative estimate of drug-likeness (QED) is 0.587. The molecule has 1 aliphatic rings. The Labute approximate surface area is 72.1 Å². The van der Waals surface area contributed by atoms with Crippen LogP contribution >= 0.6 is 0 Å². The third-order valence-electron chi connectivity index (χ3n) is 2.57. The first-order chi connectivity index (χ1) is 5.58. The van der Waals surface area contributed by atoms with Gasteiger partial charge in [0, 0.05) is 11.8 Å². The van der Waals surface area contributed by atoms with E-state index in [-0.39, 0.29) is 18.2 Å². The molecule has 3 heteroatoms. The van der Waals surface area contributed by atoms with Crippen molar-refractivity contribution in [2.75, 3.05) is 7.11 Å². The second kappa shape index (κ2) is 3.25. The number of ketones is 1. The molecule has 3 nitrogen and oxygen atoms in total. The van der Waals surface area contributed by atoms with Gasteiger partial charge in [-0.15, -0.1) is 0 Å². The van der Waals surface area contributed by atoms with Crippen LogP contribution in [0.15, 0.2) is 0 Å². The molecule has 0 aromatic heterocycles. The zero-order chi connectivity index (χ0) is 9.19. The minimum absolute atomic E-state index is 0.202. The number of esters is 1. The number of methoxy groups -OCH3 is 1. The van der Waals surface area contributed by atoms with Crippen molar-refractivity contribution in [3.63, 3.8) is 0 Å². The third kappa shape index (κ3) is 1.65. The third-order valence-corrected chi connectivity index (χ3v) is 2.57. The second-order valence-corrected chi connectivity index (χ2v) is 3.59. The Kier molecular flexibility index (Phi) is 2.50. The minimum atomic E-state index is -0.437. The van der Waals surface area contributed by atoms with E-state index in [4.69, 9.17) is 0 Å². The average molecular weight is 170 g/mol. The molecule has 0 N–H and O–H groups in total. The van der Waals surface area contributed by atoms with Crippen molar-refractivity contribution < 1.29 is 14.3 Å². The van der Waals surface area contributed by atoms with Gasteiger partial charge < -0.3 is 4.74 Å². The molecule has 1 saturated carbocycles. The van der Waals surface area contributed by atoms with Crippen molar-refractivity contribution in [2.24, 2.45) is 5.41 Å². The molecule has 0 heterocycles. The molecule has 1 atom stereocenters. The van der Waals surface area contributed by atoms with Crippen molar-refractivity contribution in [2.45, 2.75) is 32.6 Å². The molecular formula is C9H14O3. The standard InChI is InChI=1S/C9H14O3/c1-9(6-8(11)12-2)5-3-4-7(9)10/h3-6H2,1-2H3. The van der Waals surface area contributed by atoms with Gasteiger partial charge in [0.05, 0.1) is 13.5 Å². The van der Waals surface area contributed by atoms with Crippen LogP contribution < -0.4 is 0 Å². The molecule has 0 amide bonds. The Morgan fingerprint density at radius 2 is 2.33 bits per heavy atom. The first kappa shape index (κ1) is 9.23. The molecule has 0 bridgehead atoms. The maximum Gasteiger partial charge on any atom is 0.306 e. The zero-order valence-corrected chi connectivity index (χ0v) is 7.55. The smallest absolute Gasteiger partial charge is 0.306 e. The fourth-order valence-corrected chi connectivity index (χ4v) is 1.66. The monoisotopic (exact) mass is 170 g/mol. The van der Waals surface area contributed by atoms with E-state index in [0.717, 1.165) is 12.8 Å². The summed E-state index contributed by atoms with van der Waals surface area (Å²) in [5, 5.41) is 0. The molecule has 0 radical (unpaired) electrons. The summed E-state index contributed by atoms with van der Waals surface area (Å²) >= 11 is 0. The maximum atomic E-state index is 11.3. The van der Waals surface area contributed by atoms with Crippen molar-refractivity contribution in [3.8, 4) is 0 Å². The molecule has 0 aliphatic heterocycles. The lowest BCUT2D eigenvalue weighted by Crippen LogP contribution is -2.25. The molecule has 0 aromatic carbocycles. The van der Waals surface area contributed by atoms with Gasteiger partial charge in [0.2, 0.25) is 0 Å². The molecule has 1 fully saturated rings. The zero-order valence-electron chi connectivity index (χ0n) is 7.55. The molecule has 0 saturated heterocycles. The van der Waals surface area contributed by atoms with Crippen LogP contribution in [-0.2, 0) is 14.3 Å². The number of hydrogen-bond acceptors (Lipinski definition) is 3. The van der Waals surface area contributed by atoms with E-state index in [9.17, 15) is 9.59 Å². The summed E-state index contributed by atoms with van der Waals surface area (Å²) in [7, 11) is 1.35. The van der Waals surface area contributed by atoms with E-state index in [1.165, 1.54) is 7.11 Å². The van der Waals surface area contributed by atoms with Crippen LogP contribution in [0.25, 0.3) is 0 Å². The molecule has 12 heavy (non-hydrogen) atoms. The molecule has 1 aliphatic carbocycles. The molecule has 1 unspecified atom stereocenters. The van der Waals surface area contributed by atoms with E-state index in [1.807, 2.05) is 6.92 Å². The van der Waals surface area contributed by atoms with Crippen molar-refractivity contribution in [1.29, 1.82) is 0 Å². The lowest BCUT2D eigenvalue weighted by Gasteiger charge is -2.19. The highest BCUT2D eigenvalue weighted by Crippen LogP contribution is 2.37. The molecule has 1 rings (SSSR count). The van der Waals surface area contributed by atoms with Crippen LogP contribution in [0.2, 0.25) is 0 Å². The second-order valence-electron chi connectivity index (χ2n) is 3.59. The first-order valence-electron chi connectivity index (χ1n) is 4.18. The summed E-state index contributed by atoms with van der Waals surface area (Å²) < 4.78 is 4.53. The van der Waals surface area contributed by atoms with Crippen LogP contribution in [0.3, 0.4) is 0 Å². The summed E-state index contributed by atoms with van der Waals surface area (Å²) in [6.07, 6.45) is 2.59. The Morgan fingerprint density at radius 1 is 1.67 bits per heavy atom. The van der Waals surface area contributed by atoms with Gasteiger partial charge >= 0.3 is 5.97 Å². The highest BCUT2D eigenvalue weighted by atomic mass is 16.5. The lowest BCUT2D eigenvalue weighted by atomic mass is 9.84. The van der Waals surface area contributed by atoms with Gasteiger partial charge in [-0.1, -0.05) is 6.92 Å². The Morgan fingerprint density at radius 3 is 2.75 bits per heavy atom. The Balaban J connectivity index is 2.59. The van der Waals surface area contributed by atoms with Crippen LogP contribution in [0, 0.1) is 5.41 Å². The fraction of sp³-hybridized carbons (Fsp3) is 0.778. The van der Waals surface area contributed by atoms with E-state index >= 15 is 0 Å². The number of hydrogen-bond donors (Lipinski definition) is 0. The summed E-state index contributed by atoms with van der Waals surface area (Å²) in [4.78, 5) is 22.3. The predicted octanol–water partition coefficient (Wildman–Crippen LogP) is 1.31. The number of carbonyl (C=O) groups excluding carboxylic acids is 2. The van der Waals surface area contributed by atoms with Gasteiger partial charge in [-0.2, -0.15) is 0 Å². The normalized spacial score (nSPS) is 29.0. The topological polar surface area (TPSA) is 43.4 Å². The molecule has 68 valence electrons. The van der Waals surface area contributed by atoms with Gasteiger partial charge in [-0.3, -0.25) is 9.59 Å². The average Bonchev–Trinajstić information content (AvgIpc) is 2.32. The van der Waals surface area contributed by atoms with Gasteiger partial charge in [-0.25, -0.2) is 0 Å². The summed E-state index contributed by atoms with van der Waals surface area (Å²) in [6.45, 7) is 1.85. The molecule has 0 aromatic rings. The summed E-state index contributed by atoms with van der Waals surface area (Å²) in [6, 6.07) is 0. The van der Waals surface area contributed by atoms with Gasteiger partial charge in [0.25, 0.3) is 0 Å². The highest BCUT2D eigenvalue weighted by Gasteiger charge is 2.39. The SMILES string of the molecule is COC(=O)CC1(C)CCCC1=O. The van der Waals surface area contributed by atoms with E-state index in [2.05, 4.69) is 4.74 Å². The van der Waals surface area contributed by atoms with E-state index in [1.54, 1.807) is 0 Å². The number of ether oxygens (including phenoxy) is 1. The lowest BCUT2D eigenvalue weighted by molar-refractivity contribution is -0.145. The number of rotatable bonds is 2. The highest BCUT2D eigenvalue weighted by molar-refractivity contribution is 5.90. The first-order valence-corrected chi connectivity index (χ1v) is 4.18. The van der Waals surface area contributed by atoms with Gasteiger partial charge in [0.1, 0.15) is 5.78 Å². The minimum Gasteiger partial charge on any atom is -0.469 e. The largest absolute Gasteiger partial charge is 0.469 e. The van der Waals surface area contributed by atoms with Crippen molar-refractivity contribution in [3.05, 3.63) is 0 Å². The fourth-order valence-electron chi connectivity index (χ4n) is 1.66. The van der Waals surface area contributed by atoms with Crippen molar-refractivity contribution >= 4 is 11.8 Å². The van der Waals surface area contributed by atoms with Gasteiger partial charge in [0.15, 0.2) is 0 Å². The van der Waals surface area contributed by atoms with Gasteiger partial charge in [-0.05, 0) is 12.8 Å². The summed E-state index contributed by atoms with van der Waals surface area (Å²) in [5.74, 6) is -0.0827. The number of carbonyl (C=O) groups is 2. The van der Waals surface area contributed by atoms with Crippen LogP contribution in [0.1, 0.15) is 32.6 Å². The number of Topliss-reactive ketones (excluding diaryl/α,β-unsaturated/α-hetero) is 1.